The molecule has 0 bridgehead atoms. The summed E-state index contributed by atoms with van der Waals surface area (Å²) < 4.78 is 9.04. The molecule has 0 aromatic carbocycles. The van der Waals surface area contributed by atoms with E-state index >= 15 is 0 Å². The van der Waals surface area contributed by atoms with Crippen LogP contribution in [0.3, 0.4) is 0 Å². The maximum absolute atomic E-state index is 11.7. The smallest absolute Gasteiger partial charge is 0.313 e. The fraction of sp³-hybridized carbons (Fsp3) is 0.692. The summed E-state index contributed by atoms with van der Waals surface area (Å²) >= 11 is 0. The molecule has 1 amide bonds. The van der Waals surface area contributed by atoms with E-state index in [1.54, 1.807) is 11.9 Å². The fourth-order valence-electron chi connectivity index (χ4n) is 1.60. The summed E-state index contributed by atoms with van der Waals surface area (Å²) in [5.74, 6) is -1.56. The molecule has 8 nitrogen and oxygen atoms in total. The van der Waals surface area contributed by atoms with Crippen molar-refractivity contribution in [1.82, 2.24) is 9.80 Å². The Labute approximate surface area is 124 Å². The van der Waals surface area contributed by atoms with Gasteiger partial charge >= 0.3 is 5.97 Å². The van der Waals surface area contributed by atoms with Crippen molar-refractivity contribution < 1.29 is 28.7 Å². The zero-order valence-corrected chi connectivity index (χ0v) is 12.9. The highest BCUT2D eigenvalue weighted by Crippen LogP contribution is 1.97. The van der Waals surface area contributed by atoms with Crippen molar-refractivity contribution in [1.29, 1.82) is 0 Å². The second kappa shape index (κ2) is 10.0. The Bertz CT molecular complexity index is 396. The van der Waals surface area contributed by atoms with Crippen LogP contribution in [-0.2, 0) is 28.7 Å². The Kier molecular flexibility index (Phi) is 9.15. The molecule has 0 aliphatic heterocycles. The van der Waals surface area contributed by atoms with E-state index in [9.17, 15) is 19.2 Å². The highest BCUT2D eigenvalue weighted by Gasteiger charge is 2.17. The van der Waals surface area contributed by atoms with Gasteiger partial charge in [-0.3, -0.25) is 24.1 Å². The van der Waals surface area contributed by atoms with E-state index in [1.807, 2.05) is 0 Å². The van der Waals surface area contributed by atoms with E-state index in [2.05, 4.69) is 9.47 Å². The number of esters is 1. The molecule has 0 saturated carbocycles. The first kappa shape index (κ1) is 19.2. The molecule has 0 aliphatic rings. The molecule has 0 aromatic rings. The first-order valence-corrected chi connectivity index (χ1v) is 6.31. The number of methoxy groups -OCH3 is 2. The number of carbonyl (C=O) groups excluding carboxylic acids is 4. The number of hydrogen-bond donors (Lipinski definition) is 0. The Morgan fingerprint density at radius 3 is 2.10 bits per heavy atom. The second-order valence-corrected chi connectivity index (χ2v) is 4.69. The quantitative estimate of drug-likeness (QED) is 0.292. The predicted octanol–water partition coefficient (Wildman–Crippen LogP) is -0.928. The number of rotatable bonds is 10. The molecular formula is C13H22N2O6. The van der Waals surface area contributed by atoms with Gasteiger partial charge in [-0.25, -0.2) is 0 Å². The zero-order valence-electron chi connectivity index (χ0n) is 12.9. The van der Waals surface area contributed by atoms with Gasteiger partial charge in [-0.05, 0) is 7.05 Å². The van der Waals surface area contributed by atoms with Gasteiger partial charge < -0.3 is 14.4 Å². The number of hydrogen-bond acceptors (Lipinski definition) is 7. The maximum atomic E-state index is 11.7. The van der Waals surface area contributed by atoms with Crippen molar-refractivity contribution in [2.75, 3.05) is 48.1 Å². The molecule has 0 aromatic heterocycles. The summed E-state index contributed by atoms with van der Waals surface area (Å²) in [5.41, 5.74) is 0. The SMILES string of the molecule is COCC(=O)CC(=O)N(C)CN(C)CC(=O)CC(=O)OC. The minimum Gasteiger partial charge on any atom is -0.469 e. The molecule has 21 heavy (non-hydrogen) atoms. The molecule has 0 saturated heterocycles. The topological polar surface area (TPSA) is 93.2 Å². The number of ketones is 2. The van der Waals surface area contributed by atoms with Crippen LogP contribution in [0.2, 0.25) is 0 Å². The first-order valence-electron chi connectivity index (χ1n) is 6.31. The molecule has 0 N–H and O–H groups in total. The van der Waals surface area contributed by atoms with E-state index in [-0.39, 0.29) is 50.1 Å². The van der Waals surface area contributed by atoms with Crippen LogP contribution < -0.4 is 0 Å². The first-order chi connectivity index (χ1) is 9.79. The Morgan fingerprint density at radius 2 is 1.57 bits per heavy atom. The third-order valence-corrected chi connectivity index (χ3v) is 2.55. The average molecular weight is 302 g/mol. The Balaban J connectivity index is 4.16. The number of amides is 1. The number of likely N-dealkylation sites (N-methyl/N-ethyl adjacent to an activating group) is 1. The van der Waals surface area contributed by atoms with Crippen LogP contribution in [0.1, 0.15) is 12.8 Å². The van der Waals surface area contributed by atoms with Crippen LogP contribution in [0.25, 0.3) is 0 Å². The zero-order chi connectivity index (χ0) is 16.4. The predicted molar refractivity (Wildman–Crippen MR) is 73.4 cm³/mol. The van der Waals surface area contributed by atoms with Crippen LogP contribution in [0.4, 0.5) is 0 Å². The third kappa shape index (κ3) is 8.87. The Hall–Kier alpha value is -1.80. The molecule has 0 heterocycles. The van der Waals surface area contributed by atoms with Crippen molar-refractivity contribution in [2.45, 2.75) is 12.8 Å². The van der Waals surface area contributed by atoms with E-state index < -0.39 is 5.97 Å². The van der Waals surface area contributed by atoms with Gasteiger partial charge in [-0.15, -0.1) is 0 Å². The largest absolute Gasteiger partial charge is 0.469 e. The van der Waals surface area contributed by atoms with Gasteiger partial charge in [0.2, 0.25) is 5.91 Å². The van der Waals surface area contributed by atoms with Gasteiger partial charge in [0, 0.05) is 14.2 Å². The number of Topliss-reactive ketones (excluding diaryl/α,β-unsaturated/α-hetero) is 2. The van der Waals surface area contributed by atoms with Gasteiger partial charge in [0.25, 0.3) is 0 Å². The molecule has 0 fully saturated rings. The monoisotopic (exact) mass is 302 g/mol. The van der Waals surface area contributed by atoms with Crippen LogP contribution >= 0.6 is 0 Å². The van der Waals surface area contributed by atoms with Crippen molar-refractivity contribution in [3.8, 4) is 0 Å². The van der Waals surface area contributed by atoms with Crippen LogP contribution in [0, 0.1) is 0 Å². The van der Waals surface area contributed by atoms with Gasteiger partial charge in [0.05, 0.1) is 26.7 Å². The van der Waals surface area contributed by atoms with Crippen LogP contribution in [0.5, 0.6) is 0 Å². The van der Waals surface area contributed by atoms with E-state index in [0.29, 0.717) is 0 Å². The summed E-state index contributed by atoms with van der Waals surface area (Å²) in [6.07, 6.45) is -0.543. The standard InChI is InChI=1S/C13H22N2O6/c1-14(7-10(16)6-13(19)21-4)9-15(2)12(18)5-11(17)8-20-3/h5-9H2,1-4H3. The second-order valence-electron chi connectivity index (χ2n) is 4.69. The molecule has 0 radical (unpaired) electrons. The molecule has 8 heteroatoms. The lowest BCUT2D eigenvalue weighted by atomic mass is 10.2. The summed E-state index contributed by atoms with van der Waals surface area (Å²) in [6, 6.07) is 0. The Morgan fingerprint density at radius 1 is 0.952 bits per heavy atom. The third-order valence-electron chi connectivity index (χ3n) is 2.55. The summed E-state index contributed by atoms with van der Waals surface area (Å²) in [4.78, 5) is 48.4. The minimum absolute atomic E-state index is 0.0126. The lowest BCUT2D eigenvalue weighted by molar-refractivity contribution is -0.144. The normalized spacial score (nSPS) is 10.3. The van der Waals surface area contributed by atoms with Gasteiger partial charge in [-0.2, -0.15) is 0 Å². The summed E-state index contributed by atoms with van der Waals surface area (Å²) in [5, 5.41) is 0. The van der Waals surface area contributed by atoms with Crippen molar-refractivity contribution in [2.24, 2.45) is 0 Å². The number of ether oxygens (including phenoxy) is 2. The summed E-state index contributed by atoms with van der Waals surface area (Å²) in [7, 11) is 5.76. The van der Waals surface area contributed by atoms with Crippen molar-refractivity contribution in [3.05, 3.63) is 0 Å². The fourth-order valence-corrected chi connectivity index (χ4v) is 1.60. The van der Waals surface area contributed by atoms with E-state index in [1.165, 1.54) is 26.2 Å². The van der Waals surface area contributed by atoms with Gasteiger partial charge in [0.1, 0.15) is 13.0 Å². The van der Waals surface area contributed by atoms with Gasteiger partial charge in [0.15, 0.2) is 11.6 Å². The van der Waals surface area contributed by atoms with Crippen LogP contribution in [0.15, 0.2) is 0 Å². The molecule has 0 atom stereocenters. The van der Waals surface area contributed by atoms with Crippen LogP contribution in [-0.4, -0.2) is 81.4 Å². The van der Waals surface area contributed by atoms with Gasteiger partial charge in [-0.1, -0.05) is 0 Å². The highest BCUT2D eigenvalue weighted by atomic mass is 16.5. The molecule has 120 valence electrons. The minimum atomic E-state index is -0.594. The average Bonchev–Trinajstić information content (AvgIpc) is 2.37. The number of carbonyl (C=O) groups is 4. The van der Waals surface area contributed by atoms with E-state index in [4.69, 9.17) is 0 Å². The molecular weight excluding hydrogens is 280 g/mol. The maximum Gasteiger partial charge on any atom is 0.313 e. The highest BCUT2D eigenvalue weighted by molar-refractivity contribution is 5.98. The lowest BCUT2D eigenvalue weighted by Crippen LogP contribution is -2.40. The van der Waals surface area contributed by atoms with Crippen molar-refractivity contribution >= 4 is 23.4 Å². The molecule has 0 spiro atoms. The van der Waals surface area contributed by atoms with Crippen molar-refractivity contribution in [3.63, 3.8) is 0 Å². The molecule has 0 unspecified atom stereocenters. The summed E-state index contributed by atoms with van der Waals surface area (Å²) in [6.45, 7) is 0.0811. The molecule has 0 aliphatic carbocycles. The number of nitrogens with zero attached hydrogens (tertiary/aromatic N) is 2. The van der Waals surface area contributed by atoms with E-state index in [0.717, 1.165) is 0 Å². The lowest BCUT2D eigenvalue weighted by Gasteiger charge is -2.23. The molecule has 0 rings (SSSR count).